The topological polar surface area (TPSA) is 192 Å². The van der Waals surface area contributed by atoms with Gasteiger partial charge in [-0.15, -0.1) is 10.2 Å². The zero-order valence-corrected chi connectivity index (χ0v) is 23.4. The molecule has 1 heterocycles. The number of halogens is 2. The normalized spacial score (nSPS) is 10.8. The molecule has 0 saturated carbocycles. The Bertz CT molecular complexity index is 1700. The maximum Gasteiger partial charge on any atom is 0.289 e. The van der Waals surface area contributed by atoms with E-state index >= 15 is 0 Å². The standard InChI is InChI=1S/C25H17Cl2N7O7S/c26-16-4-3-15(20(27)9-16)13-41-18-6-1-14(2-7-18)12-28-30-22(35)11-23-31-32-25(42-23)29-24(36)19-8-5-17(33(37)38)10-21(19)34(39)40/h1-10,12H,11,13H2,(H,30,35)(H,29,32,36)/b28-12-. The van der Waals surface area contributed by atoms with Crippen LogP contribution in [0.1, 0.15) is 26.5 Å². The Hall–Kier alpha value is -4.99. The quantitative estimate of drug-likeness (QED) is 0.128. The van der Waals surface area contributed by atoms with Crippen molar-refractivity contribution in [1.82, 2.24) is 15.6 Å². The first-order valence-electron chi connectivity index (χ1n) is 11.6. The molecular weight excluding hydrogens is 613 g/mol. The second kappa shape index (κ2) is 13.6. The number of anilines is 1. The molecule has 4 rings (SSSR count). The highest BCUT2D eigenvalue weighted by Crippen LogP contribution is 2.26. The fourth-order valence-corrected chi connectivity index (χ4v) is 4.52. The highest BCUT2D eigenvalue weighted by atomic mass is 35.5. The number of benzene rings is 3. The van der Waals surface area contributed by atoms with E-state index < -0.39 is 38.6 Å². The molecule has 0 spiro atoms. The summed E-state index contributed by atoms with van der Waals surface area (Å²) in [5.74, 6) is -0.825. The molecule has 0 saturated heterocycles. The van der Waals surface area contributed by atoms with Crippen LogP contribution in [0.15, 0.2) is 65.8 Å². The summed E-state index contributed by atoms with van der Waals surface area (Å²) in [6.07, 6.45) is 1.23. The fraction of sp³-hybridized carbons (Fsp3) is 0.0800. The first kappa shape index (κ1) is 30.0. The Balaban J connectivity index is 1.27. The molecule has 2 N–H and O–H groups in total. The molecule has 1 aromatic heterocycles. The molecule has 4 aromatic rings. The Morgan fingerprint density at radius 3 is 2.45 bits per heavy atom. The zero-order chi connectivity index (χ0) is 30.2. The number of amides is 2. The largest absolute Gasteiger partial charge is 0.489 e. The summed E-state index contributed by atoms with van der Waals surface area (Å²) in [6, 6.07) is 14.7. The maximum absolute atomic E-state index is 12.5. The van der Waals surface area contributed by atoms with Gasteiger partial charge in [-0.2, -0.15) is 5.10 Å². The van der Waals surface area contributed by atoms with Crippen LogP contribution in [0.4, 0.5) is 16.5 Å². The molecule has 42 heavy (non-hydrogen) atoms. The summed E-state index contributed by atoms with van der Waals surface area (Å²) >= 11 is 12.9. The second-order valence-corrected chi connectivity index (χ2v) is 10.1. The SMILES string of the molecule is O=C(Cc1nnc(NC(=O)c2ccc([N+](=O)[O-])cc2[N+](=O)[O-])s1)N/N=C\c1ccc(OCc2ccc(Cl)cc2Cl)cc1. The van der Waals surface area contributed by atoms with Crippen molar-refractivity contribution in [3.8, 4) is 5.75 Å². The van der Waals surface area contributed by atoms with Crippen molar-refractivity contribution in [3.05, 3.63) is 113 Å². The van der Waals surface area contributed by atoms with Crippen LogP contribution in [0.25, 0.3) is 0 Å². The number of rotatable bonds is 11. The Morgan fingerprint density at radius 2 is 1.76 bits per heavy atom. The highest BCUT2D eigenvalue weighted by molar-refractivity contribution is 7.15. The molecule has 0 aliphatic rings. The minimum absolute atomic E-state index is 0.0282. The molecule has 0 bridgehead atoms. The minimum Gasteiger partial charge on any atom is -0.489 e. The van der Waals surface area contributed by atoms with Gasteiger partial charge in [0.25, 0.3) is 17.3 Å². The fourth-order valence-electron chi connectivity index (χ4n) is 3.32. The van der Waals surface area contributed by atoms with Crippen LogP contribution < -0.4 is 15.5 Å². The molecule has 17 heteroatoms. The Kier molecular flexibility index (Phi) is 9.69. The van der Waals surface area contributed by atoms with Crippen LogP contribution in [0.3, 0.4) is 0 Å². The van der Waals surface area contributed by atoms with E-state index in [1.165, 1.54) is 6.21 Å². The van der Waals surface area contributed by atoms with Crippen LogP contribution in [0.2, 0.25) is 10.0 Å². The average Bonchev–Trinajstić information content (AvgIpc) is 3.39. The lowest BCUT2D eigenvalue weighted by Gasteiger charge is -2.08. The van der Waals surface area contributed by atoms with Crippen LogP contribution >= 0.6 is 34.5 Å². The lowest BCUT2D eigenvalue weighted by atomic mass is 10.1. The van der Waals surface area contributed by atoms with E-state index in [-0.39, 0.29) is 23.2 Å². The summed E-state index contributed by atoms with van der Waals surface area (Å²) in [7, 11) is 0. The number of hydrogen-bond donors (Lipinski definition) is 2. The van der Waals surface area contributed by atoms with E-state index in [4.69, 9.17) is 27.9 Å². The van der Waals surface area contributed by atoms with Gasteiger partial charge in [0.15, 0.2) is 0 Å². The molecule has 0 aliphatic heterocycles. The van der Waals surface area contributed by atoms with E-state index in [0.29, 0.717) is 27.4 Å². The summed E-state index contributed by atoms with van der Waals surface area (Å²) in [6.45, 7) is 0.257. The molecule has 0 radical (unpaired) electrons. The summed E-state index contributed by atoms with van der Waals surface area (Å²) < 4.78 is 5.72. The third-order valence-corrected chi connectivity index (χ3v) is 6.75. The molecule has 3 aromatic carbocycles. The maximum atomic E-state index is 12.5. The lowest BCUT2D eigenvalue weighted by Crippen LogP contribution is -2.19. The number of nitro benzene ring substituents is 2. The number of nitrogens with zero attached hydrogens (tertiary/aromatic N) is 5. The number of aromatic nitrogens is 2. The molecule has 214 valence electrons. The van der Waals surface area contributed by atoms with Gasteiger partial charge < -0.3 is 4.74 Å². The number of ether oxygens (including phenoxy) is 1. The predicted octanol–water partition coefficient (Wildman–Crippen LogP) is 5.19. The van der Waals surface area contributed by atoms with Gasteiger partial charge in [0.05, 0.1) is 28.5 Å². The van der Waals surface area contributed by atoms with Crippen molar-refractivity contribution in [1.29, 1.82) is 0 Å². The molecular formula is C25H17Cl2N7O7S. The number of hydrazone groups is 1. The van der Waals surface area contributed by atoms with Crippen LogP contribution in [0.5, 0.6) is 5.75 Å². The molecule has 0 fully saturated rings. The van der Waals surface area contributed by atoms with Gasteiger partial charge in [-0.05, 0) is 48.0 Å². The summed E-state index contributed by atoms with van der Waals surface area (Å²) in [4.78, 5) is 45.2. The predicted molar refractivity (Wildman–Crippen MR) is 154 cm³/mol. The molecule has 0 atom stereocenters. The third-order valence-electron chi connectivity index (χ3n) is 5.32. The van der Waals surface area contributed by atoms with E-state index in [1.54, 1.807) is 42.5 Å². The van der Waals surface area contributed by atoms with Gasteiger partial charge in [0, 0.05) is 21.7 Å². The smallest absolute Gasteiger partial charge is 0.289 e. The van der Waals surface area contributed by atoms with Crippen molar-refractivity contribution in [2.45, 2.75) is 13.0 Å². The van der Waals surface area contributed by atoms with Gasteiger partial charge in [0.1, 0.15) is 22.9 Å². The van der Waals surface area contributed by atoms with Gasteiger partial charge >= 0.3 is 0 Å². The van der Waals surface area contributed by atoms with Crippen LogP contribution in [-0.2, 0) is 17.8 Å². The van der Waals surface area contributed by atoms with Gasteiger partial charge in [-0.1, -0.05) is 40.6 Å². The summed E-state index contributed by atoms with van der Waals surface area (Å²) in [5.41, 5.74) is 2.15. The highest BCUT2D eigenvalue weighted by Gasteiger charge is 2.25. The van der Waals surface area contributed by atoms with Gasteiger partial charge in [-0.3, -0.25) is 35.1 Å². The molecule has 14 nitrogen and oxygen atoms in total. The van der Waals surface area contributed by atoms with Crippen molar-refractivity contribution in [2.24, 2.45) is 5.10 Å². The first-order valence-corrected chi connectivity index (χ1v) is 13.2. The van der Waals surface area contributed by atoms with Gasteiger partial charge in [-0.25, -0.2) is 5.43 Å². The number of carbonyl (C=O) groups is 2. The first-order chi connectivity index (χ1) is 20.1. The molecule has 2 amide bonds. The van der Waals surface area contributed by atoms with Crippen molar-refractivity contribution >= 4 is 69.1 Å². The Labute approximate surface area is 250 Å². The monoisotopic (exact) mass is 629 g/mol. The second-order valence-electron chi connectivity index (χ2n) is 8.23. The number of carbonyl (C=O) groups excluding carboxylic acids is 2. The van der Waals surface area contributed by atoms with Crippen LogP contribution in [-0.4, -0.2) is 38.1 Å². The van der Waals surface area contributed by atoms with Crippen LogP contribution in [0, 0.1) is 20.2 Å². The third kappa shape index (κ3) is 8.03. The van der Waals surface area contributed by atoms with E-state index in [1.807, 2.05) is 0 Å². The molecule has 0 unspecified atom stereocenters. The number of hydrogen-bond acceptors (Lipinski definition) is 11. The van der Waals surface area contributed by atoms with Crippen molar-refractivity contribution in [2.75, 3.05) is 5.32 Å². The number of nitrogens with one attached hydrogen (secondary N) is 2. The van der Waals surface area contributed by atoms with E-state index in [2.05, 4.69) is 26.0 Å². The zero-order valence-electron chi connectivity index (χ0n) is 21.0. The van der Waals surface area contributed by atoms with E-state index in [0.717, 1.165) is 29.0 Å². The Morgan fingerprint density at radius 1 is 1.00 bits per heavy atom. The van der Waals surface area contributed by atoms with Crippen molar-refractivity contribution < 1.29 is 24.2 Å². The minimum atomic E-state index is -0.918. The number of non-ortho nitro benzene ring substituents is 1. The van der Waals surface area contributed by atoms with Gasteiger partial charge in [0.2, 0.25) is 11.0 Å². The lowest BCUT2D eigenvalue weighted by molar-refractivity contribution is -0.394. The average molecular weight is 630 g/mol. The number of nitro groups is 2. The van der Waals surface area contributed by atoms with E-state index in [9.17, 15) is 29.8 Å². The van der Waals surface area contributed by atoms with Crippen molar-refractivity contribution in [3.63, 3.8) is 0 Å². The molecule has 0 aliphatic carbocycles. The summed E-state index contributed by atoms with van der Waals surface area (Å²) in [5, 5.41) is 37.2.